The zero-order valence-corrected chi connectivity index (χ0v) is 14.8. The van der Waals surface area contributed by atoms with Gasteiger partial charge in [0.2, 0.25) is 5.91 Å². The van der Waals surface area contributed by atoms with Crippen molar-refractivity contribution in [3.63, 3.8) is 0 Å². The van der Waals surface area contributed by atoms with Crippen LogP contribution in [-0.2, 0) is 4.79 Å². The zero-order chi connectivity index (χ0) is 18.5. The van der Waals surface area contributed by atoms with Crippen LogP contribution in [0.5, 0.6) is 0 Å². The van der Waals surface area contributed by atoms with Gasteiger partial charge < -0.3 is 10.2 Å². The molecule has 1 aliphatic rings. The Kier molecular flexibility index (Phi) is 5.00. The molecule has 7 nitrogen and oxygen atoms in total. The monoisotopic (exact) mass is 360 g/mol. The second-order valence-electron chi connectivity index (χ2n) is 6.53. The van der Waals surface area contributed by atoms with Crippen molar-refractivity contribution in [2.75, 3.05) is 23.3 Å². The number of hydrogen-bond donors (Lipinski definition) is 1. The maximum atomic E-state index is 12.6. The van der Waals surface area contributed by atoms with E-state index in [1.54, 1.807) is 24.8 Å². The smallest absolute Gasteiger partial charge is 0.229 e. The van der Waals surface area contributed by atoms with Crippen molar-refractivity contribution in [2.24, 2.45) is 5.92 Å². The van der Waals surface area contributed by atoms with Crippen LogP contribution < -0.4 is 10.2 Å². The van der Waals surface area contributed by atoms with Gasteiger partial charge in [-0.15, -0.1) is 10.2 Å². The molecule has 1 fully saturated rings. The molecule has 27 heavy (non-hydrogen) atoms. The molecule has 0 spiro atoms. The van der Waals surface area contributed by atoms with Crippen molar-refractivity contribution < 1.29 is 4.79 Å². The van der Waals surface area contributed by atoms with E-state index in [1.807, 2.05) is 36.4 Å². The van der Waals surface area contributed by atoms with Gasteiger partial charge in [-0.05, 0) is 49.2 Å². The molecule has 1 unspecified atom stereocenters. The Morgan fingerprint density at radius 3 is 2.67 bits per heavy atom. The molecular weight excluding hydrogens is 340 g/mol. The van der Waals surface area contributed by atoms with Gasteiger partial charge in [-0.1, -0.05) is 0 Å². The molecule has 1 N–H and O–H groups in total. The molecule has 3 aromatic rings. The number of amides is 1. The van der Waals surface area contributed by atoms with Crippen LogP contribution in [0, 0.1) is 5.92 Å². The summed E-state index contributed by atoms with van der Waals surface area (Å²) in [5.41, 5.74) is 2.52. The number of pyridine rings is 2. The summed E-state index contributed by atoms with van der Waals surface area (Å²) in [6.45, 7) is 1.51. The van der Waals surface area contributed by atoms with E-state index in [1.165, 1.54) is 0 Å². The standard InChI is InChI=1S/C20H20N6O/c27-20(23-17-4-1-9-22-13-17)16-3-2-12-26(14-16)19-6-5-18(24-25-19)15-7-10-21-11-8-15/h1,4-11,13,16H,2-3,12,14H2,(H,23,27). The lowest BCUT2D eigenvalue weighted by molar-refractivity contribution is -0.120. The minimum absolute atomic E-state index is 0.0223. The van der Waals surface area contributed by atoms with Gasteiger partial charge in [0.25, 0.3) is 0 Å². The fourth-order valence-corrected chi connectivity index (χ4v) is 3.25. The third-order valence-electron chi connectivity index (χ3n) is 4.67. The first-order valence-electron chi connectivity index (χ1n) is 8.99. The highest BCUT2D eigenvalue weighted by Crippen LogP contribution is 2.24. The molecule has 0 aliphatic carbocycles. The van der Waals surface area contributed by atoms with Crippen molar-refractivity contribution in [1.82, 2.24) is 20.2 Å². The molecule has 1 atom stereocenters. The normalized spacial score (nSPS) is 16.7. The van der Waals surface area contributed by atoms with Crippen LogP contribution in [0.2, 0.25) is 0 Å². The topological polar surface area (TPSA) is 83.9 Å². The van der Waals surface area contributed by atoms with Gasteiger partial charge in [0.1, 0.15) is 0 Å². The van der Waals surface area contributed by atoms with Crippen molar-refractivity contribution in [3.8, 4) is 11.3 Å². The third kappa shape index (κ3) is 4.08. The quantitative estimate of drug-likeness (QED) is 0.770. The molecule has 0 radical (unpaired) electrons. The Morgan fingerprint density at radius 2 is 1.93 bits per heavy atom. The minimum Gasteiger partial charge on any atom is -0.354 e. The van der Waals surface area contributed by atoms with Gasteiger partial charge in [-0.3, -0.25) is 14.8 Å². The fraction of sp³-hybridized carbons (Fsp3) is 0.250. The van der Waals surface area contributed by atoms with Gasteiger partial charge in [0, 0.05) is 37.2 Å². The van der Waals surface area contributed by atoms with Crippen LogP contribution in [0.1, 0.15) is 12.8 Å². The van der Waals surface area contributed by atoms with Gasteiger partial charge in [0.15, 0.2) is 5.82 Å². The number of anilines is 2. The molecule has 4 rings (SSSR count). The van der Waals surface area contributed by atoms with E-state index in [0.29, 0.717) is 6.54 Å². The number of carbonyl (C=O) groups excluding carboxylic acids is 1. The fourth-order valence-electron chi connectivity index (χ4n) is 3.25. The lowest BCUT2D eigenvalue weighted by atomic mass is 9.97. The second-order valence-corrected chi connectivity index (χ2v) is 6.53. The maximum absolute atomic E-state index is 12.6. The average molecular weight is 360 g/mol. The lowest BCUT2D eigenvalue weighted by Crippen LogP contribution is -2.41. The van der Waals surface area contributed by atoms with Gasteiger partial charge in [-0.2, -0.15) is 0 Å². The van der Waals surface area contributed by atoms with Crippen LogP contribution >= 0.6 is 0 Å². The largest absolute Gasteiger partial charge is 0.354 e. The third-order valence-corrected chi connectivity index (χ3v) is 4.67. The molecule has 136 valence electrons. The SMILES string of the molecule is O=C(Nc1cccnc1)C1CCCN(c2ccc(-c3ccncc3)nn2)C1. The van der Waals surface area contributed by atoms with Crippen LogP contribution in [0.4, 0.5) is 11.5 Å². The summed E-state index contributed by atoms with van der Waals surface area (Å²) in [5, 5.41) is 11.6. The Hall–Kier alpha value is -3.35. The van der Waals surface area contributed by atoms with Gasteiger partial charge in [0.05, 0.1) is 23.5 Å². The van der Waals surface area contributed by atoms with Crippen molar-refractivity contribution in [1.29, 1.82) is 0 Å². The summed E-state index contributed by atoms with van der Waals surface area (Å²) in [4.78, 5) is 22.8. The summed E-state index contributed by atoms with van der Waals surface area (Å²) in [5.74, 6) is 0.737. The summed E-state index contributed by atoms with van der Waals surface area (Å²) >= 11 is 0. The Morgan fingerprint density at radius 1 is 1.04 bits per heavy atom. The Labute approximate surface area is 157 Å². The highest BCUT2D eigenvalue weighted by atomic mass is 16.1. The van der Waals surface area contributed by atoms with E-state index in [2.05, 4.69) is 30.4 Å². The first kappa shape index (κ1) is 17.1. The molecule has 3 aromatic heterocycles. The van der Waals surface area contributed by atoms with Crippen LogP contribution in [-0.4, -0.2) is 39.2 Å². The van der Waals surface area contributed by atoms with E-state index in [-0.39, 0.29) is 11.8 Å². The minimum atomic E-state index is -0.0827. The van der Waals surface area contributed by atoms with E-state index in [0.717, 1.165) is 42.1 Å². The number of rotatable bonds is 4. The molecule has 1 aliphatic heterocycles. The van der Waals surface area contributed by atoms with Crippen LogP contribution in [0.25, 0.3) is 11.3 Å². The first-order valence-corrected chi connectivity index (χ1v) is 8.99. The molecule has 4 heterocycles. The molecule has 0 aromatic carbocycles. The number of piperidine rings is 1. The average Bonchev–Trinajstić information content (AvgIpc) is 2.75. The summed E-state index contributed by atoms with van der Waals surface area (Å²) in [6, 6.07) is 11.4. The van der Waals surface area contributed by atoms with Crippen molar-refractivity contribution in [3.05, 3.63) is 61.2 Å². The molecule has 0 saturated carbocycles. The molecule has 1 saturated heterocycles. The number of aromatic nitrogens is 4. The number of carbonyl (C=O) groups is 1. The zero-order valence-electron chi connectivity index (χ0n) is 14.8. The molecule has 7 heteroatoms. The number of hydrogen-bond acceptors (Lipinski definition) is 6. The van der Waals surface area contributed by atoms with E-state index >= 15 is 0 Å². The van der Waals surface area contributed by atoms with E-state index in [4.69, 9.17) is 0 Å². The molecule has 0 bridgehead atoms. The van der Waals surface area contributed by atoms with E-state index < -0.39 is 0 Å². The number of nitrogens with zero attached hydrogens (tertiary/aromatic N) is 5. The van der Waals surface area contributed by atoms with Gasteiger partial charge in [-0.25, -0.2) is 0 Å². The first-order chi connectivity index (χ1) is 13.3. The van der Waals surface area contributed by atoms with Crippen molar-refractivity contribution >= 4 is 17.4 Å². The van der Waals surface area contributed by atoms with Crippen molar-refractivity contribution in [2.45, 2.75) is 12.8 Å². The van der Waals surface area contributed by atoms with E-state index in [9.17, 15) is 4.79 Å². The predicted octanol–water partition coefficient (Wildman–Crippen LogP) is 2.79. The van der Waals surface area contributed by atoms with Crippen LogP contribution in [0.3, 0.4) is 0 Å². The highest BCUT2D eigenvalue weighted by Gasteiger charge is 2.26. The predicted molar refractivity (Wildman–Crippen MR) is 103 cm³/mol. The Bertz CT molecular complexity index is 885. The highest BCUT2D eigenvalue weighted by molar-refractivity contribution is 5.92. The summed E-state index contributed by atoms with van der Waals surface area (Å²) in [6.07, 6.45) is 8.63. The molecular formula is C20H20N6O. The summed E-state index contributed by atoms with van der Waals surface area (Å²) < 4.78 is 0. The lowest BCUT2D eigenvalue weighted by Gasteiger charge is -2.32. The number of nitrogens with one attached hydrogen (secondary N) is 1. The van der Waals surface area contributed by atoms with Gasteiger partial charge >= 0.3 is 0 Å². The maximum Gasteiger partial charge on any atom is 0.229 e. The molecule has 1 amide bonds. The second kappa shape index (κ2) is 7.90. The van der Waals surface area contributed by atoms with Crippen LogP contribution in [0.15, 0.2) is 61.2 Å². The Balaban J connectivity index is 1.43. The summed E-state index contributed by atoms with van der Waals surface area (Å²) in [7, 11) is 0.